The first-order valence-electron chi connectivity index (χ1n) is 6.46. The van der Waals surface area contributed by atoms with Gasteiger partial charge in [-0.3, -0.25) is 0 Å². The third-order valence-corrected chi connectivity index (χ3v) is 1.78. The van der Waals surface area contributed by atoms with E-state index in [4.69, 9.17) is 0 Å². The molecular formula is C14H28N2. The lowest BCUT2D eigenvalue weighted by atomic mass is 10.3. The van der Waals surface area contributed by atoms with Crippen molar-refractivity contribution in [3.63, 3.8) is 0 Å². The highest BCUT2D eigenvalue weighted by Crippen LogP contribution is 2.07. The van der Waals surface area contributed by atoms with Crippen molar-refractivity contribution in [2.45, 2.75) is 61.3 Å². The lowest BCUT2D eigenvalue weighted by Gasteiger charge is -1.87. The number of hydrogen-bond donors (Lipinski definition) is 1. The molecule has 0 atom stereocenters. The van der Waals surface area contributed by atoms with Crippen molar-refractivity contribution >= 4 is 6.08 Å². The number of hydrogen-bond acceptors (Lipinski definition) is 1. The molecule has 0 amide bonds. The summed E-state index contributed by atoms with van der Waals surface area (Å²) < 4.78 is 0. The molecule has 0 fully saturated rings. The van der Waals surface area contributed by atoms with Gasteiger partial charge in [-0.1, -0.05) is 40.7 Å². The predicted octanol–water partition coefficient (Wildman–Crippen LogP) is 4.76. The van der Waals surface area contributed by atoms with Gasteiger partial charge in [0.15, 0.2) is 0 Å². The third-order valence-electron chi connectivity index (χ3n) is 1.78. The van der Waals surface area contributed by atoms with Crippen LogP contribution in [0.15, 0.2) is 6.08 Å². The van der Waals surface area contributed by atoms with Crippen LogP contribution in [-0.2, 0) is 6.42 Å². The number of rotatable bonds is 3. The highest BCUT2D eigenvalue weighted by atomic mass is 14.9. The van der Waals surface area contributed by atoms with Gasteiger partial charge in [-0.15, -0.1) is 0 Å². The molecule has 0 bridgehead atoms. The summed E-state index contributed by atoms with van der Waals surface area (Å²) in [5, 5.41) is 0. The zero-order valence-electron chi connectivity index (χ0n) is 12.0. The van der Waals surface area contributed by atoms with Crippen LogP contribution in [0.25, 0.3) is 6.08 Å². The standard InChI is InChI=1S/C10H16N2.2C2H6/c1-4-6-9-8(3)11-10(12-9)7-5-2;2*1-2/h4,6H,5,7H2,1-3H3,(H,11,12);2*1-2H3/b6-4-;;. The van der Waals surface area contributed by atoms with Crippen molar-refractivity contribution in [2.75, 3.05) is 0 Å². The number of aromatic nitrogens is 2. The number of aromatic amines is 1. The van der Waals surface area contributed by atoms with Gasteiger partial charge >= 0.3 is 0 Å². The van der Waals surface area contributed by atoms with Gasteiger partial charge in [0.05, 0.1) is 5.69 Å². The lowest BCUT2D eigenvalue weighted by Crippen LogP contribution is -1.84. The zero-order chi connectivity index (χ0) is 13.0. The second-order valence-electron chi connectivity index (χ2n) is 2.94. The molecule has 1 aromatic heterocycles. The van der Waals surface area contributed by atoms with Gasteiger partial charge in [-0.05, 0) is 26.3 Å². The Morgan fingerprint density at radius 3 is 2.19 bits per heavy atom. The van der Waals surface area contributed by atoms with Crippen molar-refractivity contribution in [3.05, 3.63) is 23.3 Å². The Hall–Kier alpha value is -1.05. The molecule has 1 rings (SSSR count). The van der Waals surface area contributed by atoms with Crippen molar-refractivity contribution < 1.29 is 0 Å². The quantitative estimate of drug-likeness (QED) is 0.788. The average molecular weight is 224 g/mol. The number of allylic oxidation sites excluding steroid dienone is 1. The molecule has 0 spiro atoms. The van der Waals surface area contributed by atoms with Gasteiger partial charge in [-0.2, -0.15) is 0 Å². The summed E-state index contributed by atoms with van der Waals surface area (Å²) in [5.74, 6) is 1.10. The van der Waals surface area contributed by atoms with Crippen molar-refractivity contribution in [2.24, 2.45) is 0 Å². The van der Waals surface area contributed by atoms with Crippen LogP contribution in [0.4, 0.5) is 0 Å². The summed E-state index contributed by atoms with van der Waals surface area (Å²) >= 11 is 0. The van der Waals surface area contributed by atoms with Crippen LogP contribution in [0.2, 0.25) is 0 Å². The SMILES string of the molecule is C/C=C\c1nc(CCC)[nH]c1C.CC.CC. The third kappa shape index (κ3) is 6.44. The molecule has 0 aliphatic rings. The number of imidazole rings is 1. The van der Waals surface area contributed by atoms with Crippen LogP contribution in [-0.4, -0.2) is 9.97 Å². The number of nitrogens with zero attached hydrogens (tertiary/aromatic N) is 1. The molecule has 2 nitrogen and oxygen atoms in total. The monoisotopic (exact) mass is 224 g/mol. The smallest absolute Gasteiger partial charge is 0.106 e. The van der Waals surface area contributed by atoms with Crippen molar-refractivity contribution in [1.82, 2.24) is 9.97 Å². The molecule has 2 heteroatoms. The maximum Gasteiger partial charge on any atom is 0.106 e. The van der Waals surface area contributed by atoms with E-state index >= 15 is 0 Å². The minimum atomic E-state index is 1.04. The fraction of sp³-hybridized carbons (Fsp3) is 0.643. The van der Waals surface area contributed by atoms with Gasteiger partial charge in [-0.25, -0.2) is 4.98 Å². The van der Waals surface area contributed by atoms with Gasteiger partial charge in [0.1, 0.15) is 5.82 Å². The van der Waals surface area contributed by atoms with E-state index in [1.54, 1.807) is 0 Å². The fourth-order valence-corrected chi connectivity index (χ4v) is 1.21. The summed E-state index contributed by atoms with van der Waals surface area (Å²) in [4.78, 5) is 7.71. The van der Waals surface area contributed by atoms with E-state index in [9.17, 15) is 0 Å². The second-order valence-corrected chi connectivity index (χ2v) is 2.94. The molecular weight excluding hydrogens is 196 g/mol. The predicted molar refractivity (Wildman–Crippen MR) is 74.7 cm³/mol. The van der Waals surface area contributed by atoms with E-state index in [1.165, 1.54) is 0 Å². The van der Waals surface area contributed by atoms with Gasteiger partial charge in [0.2, 0.25) is 0 Å². The Balaban J connectivity index is 0. The molecule has 1 N–H and O–H groups in total. The van der Waals surface area contributed by atoms with Gasteiger partial charge in [0, 0.05) is 12.1 Å². The largest absolute Gasteiger partial charge is 0.346 e. The van der Waals surface area contributed by atoms with Crippen LogP contribution in [0.5, 0.6) is 0 Å². The lowest BCUT2D eigenvalue weighted by molar-refractivity contribution is 0.853. The number of aryl methyl sites for hydroxylation is 2. The van der Waals surface area contributed by atoms with Gasteiger partial charge in [0.25, 0.3) is 0 Å². The summed E-state index contributed by atoms with van der Waals surface area (Å²) in [6.07, 6.45) is 6.23. The molecule has 16 heavy (non-hydrogen) atoms. The summed E-state index contributed by atoms with van der Waals surface area (Å²) in [5.41, 5.74) is 2.23. The van der Waals surface area contributed by atoms with Crippen molar-refractivity contribution in [1.29, 1.82) is 0 Å². The van der Waals surface area contributed by atoms with Crippen molar-refractivity contribution in [3.8, 4) is 0 Å². The molecule has 0 saturated heterocycles. The van der Waals surface area contributed by atoms with Crippen LogP contribution < -0.4 is 0 Å². The summed E-state index contributed by atoms with van der Waals surface area (Å²) in [6, 6.07) is 0. The Bertz CT molecular complexity index is 272. The molecule has 0 aliphatic carbocycles. The zero-order valence-corrected chi connectivity index (χ0v) is 12.0. The topological polar surface area (TPSA) is 28.7 Å². The molecule has 1 aromatic rings. The Labute approximate surface area is 101 Å². The Morgan fingerprint density at radius 1 is 1.19 bits per heavy atom. The molecule has 0 unspecified atom stereocenters. The number of nitrogens with one attached hydrogen (secondary N) is 1. The Morgan fingerprint density at radius 2 is 1.75 bits per heavy atom. The van der Waals surface area contributed by atoms with E-state index in [0.29, 0.717) is 0 Å². The highest BCUT2D eigenvalue weighted by molar-refractivity contribution is 5.46. The van der Waals surface area contributed by atoms with E-state index in [1.807, 2.05) is 46.8 Å². The first kappa shape index (κ1) is 17.3. The molecule has 0 radical (unpaired) electrons. The molecule has 94 valence electrons. The molecule has 1 heterocycles. The van der Waals surface area contributed by atoms with Crippen LogP contribution in [0, 0.1) is 6.92 Å². The summed E-state index contributed by atoms with van der Waals surface area (Å²) in [7, 11) is 0. The maximum atomic E-state index is 4.45. The van der Waals surface area contributed by atoms with Gasteiger partial charge < -0.3 is 4.98 Å². The second kappa shape index (κ2) is 12.0. The van der Waals surface area contributed by atoms with Crippen LogP contribution in [0.1, 0.15) is 65.2 Å². The molecule has 0 saturated carbocycles. The molecule has 0 aromatic carbocycles. The van der Waals surface area contributed by atoms with Crippen LogP contribution in [0.3, 0.4) is 0 Å². The minimum Gasteiger partial charge on any atom is -0.346 e. The fourth-order valence-electron chi connectivity index (χ4n) is 1.21. The minimum absolute atomic E-state index is 1.04. The van der Waals surface area contributed by atoms with Crippen LogP contribution >= 0.6 is 0 Å². The number of H-pyrrole nitrogens is 1. The normalized spacial score (nSPS) is 9.19. The van der Waals surface area contributed by atoms with E-state index in [0.717, 1.165) is 30.1 Å². The first-order valence-corrected chi connectivity index (χ1v) is 6.46. The summed E-state index contributed by atoms with van der Waals surface area (Å²) in [6.45, 7) is 14.2. The maximum absolute atomic E-state index is 4.45. The Kier molecular flexibility index (Phi) is 13.0. The van der Waals surface area contributed by atoms with E-state index in [-0.39, 0.29) is 0 Å². The first-order chi connectivity index (χ1) is 7.77. The highest BCUT2D eigenvalue weighted by Gasteiger charge is 2.01. The molecule has 0 aliphatic heterocycles. The van der Waals surface area contributed by atoms with E-state index in [2.05, 4.69) is 23.8 Å². The average Bonchev–Trinajstić information content (AvgIpc) is 2.66. The van der Waals surface area contributed by atoms with E-state index < -0.39 is 0 Å².